The fourth-order valence-electron chi connectivity index (χ4n) is 2.07. The highest BCUT2D eigenvalue weighted by atomic mass is 127. The molecule has 0 heterocycles. The molecule has 27 heavy (non-hydrogen) atoms. The molecule has 0 aliphatic heterocycles. The van der Waals surface area contributed by atoms with Crippen molar-refractivity contribution in [2.24, 2.45) is 5.10 Å². The molecule has 0 spiro atoms. The van der Waals surface area contributed by atoms with Gasteiger partial charge in [-0.25, -0.2) is 5.43 Å². The van der Waals surface area contributed by atoms with Gasteiger partial charge in [0.15, 0.2) is 0 Å². The normalized spacial score (nSPS) is 10.5. The van der Waals surface area contributed by atoms with E-state index in [-0.39, 0.29) is 11.8 Å². The zero-order chi connectivity index (χ0) is 19.8. The lowest BCUT2D eigenvalue weighted by atomic mass is 10.2. The van der Waals surface area contributed by atoms with Crippen molar-refractivity contribution in [3.05, 3.63) is 67.3 Å². The third-order valence-electron chi connectivity index (χ3n) is 3.21. The number of nitrogens with zero attached hydrogens (tertiary/aromatic N) is 1. The van der Waals surface area contributed by atoms with Gasteiger partial charge < -0.3 is 10.1 Å². The molecule has 0 saturated carbocycles. The van der Waals surface area contributed by atoms with E-state index in [1.54, 1.807) is 36.6 Å². The lowest BCUT2D eigenvalue weighted by molar-refractivity contribution is -0.114. The average Bonchev–Trinajstić information content (AvgIpc) is 2.61. The molecule has 0 aliphatic rings. The van der Waals surface area contributed by atoms with Crippen LogP contribution < -0.4 is 15.5 Å². The molecule has 2 aromatic rings. The third kappa shape index (κ3) is 6.61. The lowest BCUT2D eigenvalue weighted by Gasteiger charge is -2.09. The van der Waals surface area contributed by atoms with Gasteiger partial charge in [-0.2, -0.15) is 5.10 Å². The minimum Gasteiger partial charge on any atom is -0.487 e. The Morgan fingerprint density at radius 2 is 1.81 bits per heavy atom. The van der Waals surface area contributed by atoms with E-state index in [4.69, 9.17) is 4.74 Å². The predicted molar refractivity (Wildman–Crippen MR) is 123 cm³/mol. The number of amides is 2. The summed E-state index contributed by atoms with van der Waals surface area (Å²) in [5, 5.41) is 6.65. The van der Waals surface area contributed by atoms with Gasteiger partial charge in [0, 0.05) is 18.2 Å². The SMILES string of the molecule is C=CCOc1c(I)cc(/C=N\NC(=O)c2ccc(NC(C)=O)cc2)cc1I. The maximum Gasteiger partial charge on any atom is 0.271 e. The van der Waals surface area contributed by atoms with Gasteiger partial charge in [0.05, 0.1) is 13.4 Å². The Morgan fingerprint density at radius 1 is 1.19 bits per heavy atom. The Hall–Kier alpha value is -1.95. The first kappa shape index (κ1) is 21.4. The van der Waals surface area contributed by atoms with Crippen LogP contribution in [0.2, 0.25) is 0 Å². The van der Waals surface area contributed by atoms with E-state index in [9.17, 15) is 9.59 Å². The molecule has 0 radical (unpaired) electrons. The van der Waals surface area contributed by atoms with Crippen molar-refractivity contribution in [1.82, 2.24) is 5.43 Å². The van der Waals surface area contributed by atoms with Crippen LogP contribution in [-0.4, -0.2) is 24.6 Å². The van der Waals surface area contributed by atoms with Gasteiger partial charge in [-0.05, 0) is 87.1 Å². The monoisotopic (exact) mass is 589 g/mol. The number of halogens is 2. The standard InChI is InChI=1S/C19H17I2N3O3/c1-3-8-27-18-16(20)9-13(10-17(18)21)11-22-24-19(26)14-4-6-15(7-5-14)23-12(2)25/h3-7,9-11H,1,8H2,2H3,(H,23,25)(H,24,26)/b22-11-. The molecule has 2 N–H and O–H groups in total. The lowest BCUT2D eigenvalue weighted by Crippen LogP contribution is -2.17. The first-order valence-corrected chi connectivity index (χ1v) is 10.00. The van der Waals surface area contributed by atoms with E-state index in [0.29, 0.717) is 17.9 Å². The first-order chi connectivity index (χ1) is 12.9. The van der Waals surface area contributed by atoms with Crippen LogP contribution in [0.5, 0.6) is 5.75 Å². The Kier molecular flexibility index (Phi) is 8.23. The molecule has 2 rings (SSSR count). The van der Waals surface area contributed by atoms with Crippen LogP contribution >= 0.6 is 45.2 Å². The van der Waals surface area contributed by atoms with Crippen LogP contribution in [0, 0.1) is 7.14 Å². The van der Waals surface area contributed by atoms with Gasteiger partial charge in [-0.1, -0.05) is 12.7 Å². The van der Waals surface area contributed by atoms with Crippen LogP contribution in [0.1, 0.15) is 22.8 Å². The Morgan fingerprint density at radius 3 is 2.37 bits per heavy atom. The molecule has 8 heteroatoms. The summed E-state index contributed by atoms with van der Waals surface area (Å²) in [4.78, 5) is 23.1. The minimum absolute atomic E-state index is 0.165. The van der Waals surface area contributed by atoms with Crippen molar-refractivity contribution < 1.29 is 14.3 Å². The largest absolute Gasteiger partial charge is 0.487 e. The summed E-state index contributed by atoms with van der Waals surface area (Å²) in [7, 11) is 0. The van der Waals surface area contributed by atoms with Crippen LogP contribution in [-0.2, 0) is 4.79 Å². The molecule has 140 valence electrons. The molecule has 0 atom stereocenters. The second-order valence-electron chi connectivity index (χ2n) is 5.37. The van der Waals surface area contributed by atoms with Crippen molar-refractivity contribution in [3.8, 4) is 5.75 Å². The molecule has 0 aromatic heterocycles. The van der Waals surface area contributed by atoms with Crippen molar-refractivity contribution >= 4 is 68.9 Å². The number of nitrogens with one attached hydrogen (secondary N) is 2. The summed E-state index contributed by atoms with van der Waals surface area (Å²) in [6.07, 6.45) is 3.27. The number of rotatable bonds is 7. The predicted octanol–water partition coefficient (Wildman–Crippen LogP) is 4.18. The van der Waals surface area contributed by atoms with Crippen molar-refractivity contribution in [1.29, 1.82) is 0 Å². The molecule has 0 fully saturated rings. The number of carbonyl (C=O) groups excluding carboxylic acids is 2. The molecule has 0 bridgehead atoms. The number of carbonyl (C=O) groups is 2. The van der Waals surface area contributed by atoms with Crippen LogP contribution in [0.3, 0.4) is 0 Å². The number of ether oxygens (including phenoxy) is 1. The second-order valence-corrected chi connectivity index (χ2v) is 7.70. The number of hydrazone groups is 1. The third-order valence-corrected chi connectivity index (χ3v) is 4.82. The summed E-state index contributed by atoms with van der Waals surface area (Å²) < 4.78 is 7.53. The van der Waals surface area contributed by atoms with Crippen molar-refractivity contribution in [2.45, 2.75) is 6.92 Å². The van der Waals surface area contributed by atoms with E-state index in [1.165, 1.54) is 6.92 Å². The van der Waals surface area contributed by atoms with E-state index in [2.05, 4.69) is 67.6 Å². The van der Waals surface area contributed by atoms with E-state index in [0.717, 1.165) is 18.5 Å². The maximum atomic E-state index is 12.1. The molecule has 2 amide bonds. The summed E-state index contributed by atoms with van der Waals surface area (Å²) in [6.45, 7) is 5.51. The summed E-state index contributed by atoms with van der Waals surface area (Å²) in [6, 6.07) is 10.4. The zero-order valence-corrected chi connectivity index (χ0v) is 18.8. The highest BCUT2D eigenvalue weighted by Crippen LogP contribution is 2.28. The van der Waals surface area contributed by atoms with Gasteiger partial charge in [0.25, 0.3) is 5.91 Å². The molecule has 0 saturated heterocycles. The number of hydrogen-bond acceptors (Lipinski definition) is 4. The Labute approximate surface area is 184 Å². The molecule has 0 unspecified atom stereocenters. The molecular formula is C19H17I2N3O3. The van der Waals surface area contributed by atoms with Crippen LogP contribution in [0.15, 0.2) is 54.2 Å². The van der Waals surface area contributed by atoms with Gasteiger partial charge in [0.1, 0.15) is 12.4 Å². The van der Waals surface area contributed by atoms with Gasteiger partial charge >= 0.3 is 0 Å². The van der Waals surface area contributed by atoms with Crippen LogP contribution in [0.4, 0.5) is 5.69 Å². The summed E-state index contributed by atoms with van der Waals surface area (Å²) in [5.74, 6) is 0.300. The van der Waals surface area contributed by atoms with Gasteiger partial charge in [0.2, 0.25) is 5.91 Å². The minimum atomic E-state index is -0.337. The first-order valence-electron chi connectivity index (χ1n) is 7.84. The van der Waals surface area contributed by atoms with Gasteiger partial charge in [-0.3, -0.25) is 9.59 Å². The highest BCUT2D eigenvalue weighted by molar-refractivity contribution is 14.1. The fraction of sp³-hybridized carbons (Fsp3) is 0.105. The molecule has 2 aromatic carbocycles. The smallest absolute Gasteiger partial charge is 0.271 e. The summed E-state index contributed by atoms with van der Waals surface area (Å²) in [5.41, 5.74) is 4.41. The molecular weight excluding hydrogens is 572 g/mol. The highest BCUT2D eigenvalue weighted by Gasteiger charge is 2.08. The average molecular weight is 589 g/mol. The van der Waals surface area contributed by atoms with Crippen molar-refractivity contribution in [2.75, 3.05) is 11.9 Å². The number of hydrogen-bond donors (Lipinski definition) is 2. The molecule has 6 nitrogen and oxygen atoms in total. The summed E-state index contributed by atoms with van der Waals surface area (Å²) >= 11 is 4.39. The number of anilines is 1. The quantitative estimate of drug-likeness (QED) is 0.220. The molecule has 0 aliphatic carbocycles. The topological polar surface area (TPSA) is 79.8 Å². The van der Waals surface area contributed by atoms with E-state index >= 15 is 0 Å². The second kappa shape index (κ2) is 10.4. The van der Waals surface area contributed by atoms with Crippen molar-refractivity contribution in [3.63, 3.8) is 0 Å². The zero-order valence-electron chi connectivity index (χ0n) is 14.5. The van der Waals surface area contributed by atoms with Crippen LogP contribution in [0.25, 0.3) is 0 Å². The Balaban J connectivity index is 2.01. The van der Waals surface area contributed by atoms with E-state index in [1.807, 2.05) is 12.1 Å². The Bertz CT molecular complexity index is 857. The fourth-order valence-corrected chi connectivity index (χ4v) is 4.20. The van der Waals surface area contributed by atoms with Gasteiger partial charge in [-0.15, -0.1) is 0 Å². The number of benzene rings is 2. The maximum absolute atomic E-state index is 12.1. The van der Waals surface area contributed by atoms with E-state index < -0.39 is 0 Å².